The second-order valence-electron chi connectivity index (χ2n) is 9.29. The Labute approximate surface area is 201 Å². The maximum Gasteiger partial charge on any atom is 0.409 e. The molecule has 0 bridgehead atoms. The molecule has 3 heterocycles. The van der Waals surface area contributed by atoms with E-state index in [1.54, 1.807) is 16.7 Å². The minimum atomic E-state index is -0.310. The van der Waals surface area contributed by atoms with E-state index in [-0.39, 0.29) is 23.9 Å². The van der Waals surface area contributed by atoms with Gasteiger partial charge in [0.25, 0.3) is 5.91 Å². The minimum absolute atomic E-state index is 0.000330. The molecule has 2 N–H and O–H groups in total. The molecule has 0 aliphatic carbocycles. The van der Waals surface area contributed by atoms with Gasteiger partial charge in [0.05, 0.1) is 12.6 Å². The molecule has 9 nitrogen and oxygen atoms in total. The van der Waals surface area contributed by atoms with Gasteiger partial charge in [-0.1, -0.05) is 0 Å². The summed E-state index contributed by atoms with van der Waals surface area (Å²) in [7, 11) is 0. The molecule has 34 heavy (non-hydrogen) atoms. The number of rotatable bonds is 5. The van der Waals surface area contributed by atoms with Crippen LogP contribution in [0.4, 0.5) is 10.5 Å². The normalized spacial score (nSPS) is 22.2. The number of nitrogens with zero attached hydrogens (tertiary/aromatic N) is 3. The average Bonchev–Trinajstić information content (AvgIpc) is 3.08. The number of anilines is 1. The summed E-state index contributed by atoms with van der Waals surface area (Å²) < 4.78 is 5.04. The summed E-state index contributed by atoms with van der Waals surface area (Å²) in [5.41, 5.74) is 1.79. The standard InChI is InChI=1S/C25H37N5O4/c1-2-34-25(33)30-17-15-29(16-18-30)24(32)19-6-8-21(9-7-19)28-13-10-20(11-14-28)27-22-5-3-4-12-26-23(22)31/h6-9,20,22,27H,2-5,10-18H2,1H3,(H,26,31)/t22-/m0/s1. The summed E-state index contributed by atoms with van der Waals surface area (Å²) in [6, 6.07) is 8.14. The summed E-state index contributed by atoms with van der Waals surface area (Å²) in [6.45, 7) is 6.80. The van der Waals surface area contributed by atoms with Crippen LogP contribution in [0.3, 0.4) is 0 Å². The summed E-state index contributed by atoms with van der Waals surface area (Å²) in [6.07, 6.45) is 4.74. The Bertz CT molecular complexity index is 845. The molecule has 0 aromatic heterocycles. The fraction of sp³-hybridized carbons (Fsp3) is 0.640. The highest BCUT2D eigenvalue weighted by Crippen LogP contribution is 2.22. The molecule has 3 fully saturated rings. The lowest BCUT2D eigenvalue weighted by Gasteiger charge is -2.36. The zero-order valence-electron chi connectivity index (χ0n) is 20.1. The van der Waals surface area contributed by atoms with Gasteiger partial charge in [-0.2, -0.15) is 0 Å². The van der Waals surface area contributed by atoms with Gasteiger partial charge in [0.1, 0.15) is 0 Å². The third-order valence-electron chi connectivity index (χ3n) is 7.04. The molecular formula is C25H37N5O4. The molecule has 4 rings (SSSR count). The highest BCUT2D eigenvalue weighted by atomic mass is 16.6. The number of hydrogen-bond acceptors (Lipinski definition) is 6. The second kappa shape index (κ2) is 11.6. The van der Waals surface area contributed by atoms with Crippen molar-refractivity contribution in [3.05, 3.63) is 29.8 Å². The van der Waals surface area contributed by atoms with Crippen LogP contribution in [0.25, 0.3) is 0 Å². The number of piperazine rings is 1. The molecule has 0 radical (unpaired) electrons. The number of nitrogens with one attached hydrogen (secondary N) is 2. The summed E-state index contributed by atoms with van der Waals surface area (Å²) in [5.74, 6) is 0.141. The van der Waals surface area contributed by atoms with Gasteiger partial charge in [0.2, 0.25) is 5.91 Å². The van der Waals surface area contributed by atoms with Crippen LogP contribution in [0, 0.1) is 0 Å². The van der Waals surface area contributed by atoms with Gasteiger partial charge in [0, 0.05) is 63.1 Å². The largest absolute Gasteiger partial charge is 0.450 e. The van der Waals surface area contributed by atoms with Crippen molar-refractivity contribution < 1.29 is 19.1 Å². The summed E-state index contributed by atoms with van der Waals surface area (Å²) in [4.78, 5) is 42.8. The number of carbonyl (C=O) groups is 3. The first-order valence-corrected chi connectivity index (χ1v) is 12.6. The molecule has 0 saturated carbocycles. The maximum absolute atomic E-state index is 12.9. The number of benzene rings is 1. The van der Waals surface area contributed by atoms with Crippen LogP contribution in [0.2, 0.25) is 0 Å². The average molecular weight is 472 g/mol. The van der Waals surface area contributed by atoms with E-state index < -0.39 is 0 Å². The number of ether oxygens (including phenoxy) is 1. The first-order chi connectivity index (χ1) is 16.5. The van der Waals surface area contributed by atoms with Gasteiger partial charge in [-0.3, -0.25) is 9.59 Å². The number of piperidine rings is 1. The third kappa shape index (κ3) is 6.00. The van der Waals surface area contributed by atoms with Gasteiger partial charge < -0.3 is 30.1 Å². The van der Waals surface area contributed by atoms with Crippen molar-refractivity contribution >= 4 is 23.6 Å². The Morgan fingerprint density at radius 1 is 0.971 bits per heavy atom. The quantitative estimate of drug-likeness (QED) is 0.681. The predicted molar refractivity (Wildman–Crippen MR) is 130 cm³/mol. The molecule has 3 saturated heterocycles. The fourth-order valence-corrected chi connectivity index (χ4v) is 4.99. The van der Waals surface area contributed by atoms with Gasteiger partial charge in [-0.25, -0.2) is 4.79 Å². The Kier molecular flexibility index (Phi) is 8.26. The van der Waals surface area contributed by atoms with Crippen molar-refractivity contribution in [3.8, 4) is 0 Å². The number of carbonyl (C=O) groups excluding carboxylic acids is 3. The van der Waals surface area contributed by atoms with Crippen molar-refractivity contribution in [1.82, 2.24) is 20.4 Å². The summed E-state index contributed by atoms with van der Waals surface area (Å²) in [5, 5.41) is 6.58. The smallest absolute Gasteiger partial charge is 0.409 e. The topological polar surface area (TPSA) is 94.2 Å². The van der Waals surface area contributed by atoms with Crippen LogP contribution >= 0.6 is 0 Å². The van der Waals surface area contributed by atoms with Crippen molar-refractivity contribution in [1.29, 1.82) is 0 Å². The Morgan fingerprint density at radius 3 is 2.32 bits per heavy atom. The Morgan fingerprint density at radius 2 is 1.65 bits per heavy atom. The number of amides is 3. The second-order valence-corrected chi connectivity index (χ2v) is 9.29. The maximum atomic E-state index is 12.9. The first-order valence-electron chi connectivity index (χ1n) is 12.6. The lowest BCUT2D eigenvalue weighted by Crippen LogP contribution is -2.51. The van der Waals surface area contributed by atoms with Crippen LogP contribution in [0.15, 0.2) is 24.3 Å². The SMILES string of the molecule is CCOC(=O)N1CCN(C(=O)c2ccc(N3CCC(N[C@H]4CCCCNC4=O)CC3)cc2)CC1. The first kappa shape index (κ1) is 24.3. The molecule has 3 amide bonds. The molecule has 0 spiro atoms. The highest BCUT2D eigenvalue weighted by Gasteiger charge is 2.28. The molecule has 0 unspecified atom stereocenters. The van der Waals surface area contributed by atoms with Crippen molar-refractivity contribution in [2.24, 2.45) is 0 Å². The van der Waals surface area contributed by atoms with Crippen LogP contribution < -0.4 is 15.5 Å². The van der Waals surface area contributed by atoms with E-state index in [1.807, 2.05) is 24.3 Å². The van der Waals surface area contributed by atoms with Gasteiger partial charge >= 0.3 is 6.09 Å². The van der Waals surface area contributed by atoms with E-state index in [2.05, 4.69) is 15.5 Å². The molecule has 3 aliphatic rings. The molecule has 186 valence electrons. The zero-order valence-corrected chi connectivity index (χ0v) is 20.1. The van der Waals surface area contributed by atoms with E-state index in [4.69, 9.17) is 4.74 Å². The molecular weight excluding hydrogens is 434 g/mol. The van der Waals surface area contributed by atoms with Gasteiger partial charge in [-0.15, -0.1) is 0 Å². The molecule has 1 aromatic carbocycles. The molecule has 1 atom stereocenters. The third-order valence-corrected chi connectivity index (χ3v) is 7.04. The van der Waals surface area contributed by atoms with Crippen molar-refractivity contribution in [2.45, 2.75) is 51.1 Å². The minimum Gasteiger partial charge on any atom is -0.450 e. The van der Waals surface area contributed by atoms with E-state index in [0.717, 1.165) is 57.4 Å². The van der Waals surface area contributed by atoms with E-state index in [0.29, 0.717) is 44.4 Å². The zero-order chi connectivity index (χ0) is 23.9. The van der Waals surface area contributed by atoms with Crippen molar-refractivity contribution in [2.75, 3.05) is 57.3 Å². The van der Waals surface area contributed by atoms with Gasteiger partial charge in [0.15, 0.2) is 0 Å². The lowest BCUT2D eigenvalue weighted by molar-refractivity contribution is -0.123. The highest BCUT2D eigenvalue weighted by molar-refractivity contribution is 5.94. The molecule has 3 aliphatic heterocycles. The van der Waals surface area contributed by atoms with E-state index in [1.165, 1.54) is 0 Å². The fourth-order valence-electron chi connectivity index (χ4n) is 4.99. The Balaban J connectivity index is 1.24. The van der Waals surface area contributed by atoms with E-state index >= 15 is 0 Å². The molecule has 9 heteroatoms. The monoisotopic (exact) mass is 471 g/mol. The van der Waals surface area contributed by atoms with Crippen molar-refractivity contribution in [3.63, 3.8) is 0 Å². The summed E-state index contributed by atoms with van der Waals surface area (Å²) >= 11 is 0. The lowest BCUT2D eigenvalue weighted by atomic mass is 10.0. The predicted octanol–water partition coefficient (Wildman–Crippen LogP) is 1.83. The van der Waals surface area contributed by atoms with Crippen LogP contribution in [0.5, 0.6) is 0 Å². The van der Waals surface area contributed by atoms with Crippen LogP contribution in [-0.2, 0) is 9.53 Å². The van der Waals surface area contributed by atoms with Crippen LogP contribution in [-0.4, -0.2) is 92.2 Å². The number of hydrogen-bond donors (Lipinski definition) is 2. The Hall–Kier alpha value is -2.81. The van der Waals surface area contributed by atoms with Crippen LogP contribution in [0.1, 0.15) is 49.4 Å². The molecule has 1 aromatic rings. The van der Waals surface area contributed by atoms with Gasteiger partial charge in [-0.05, 0) is 63.3 Å². The van der Waals surface area contributed by atoms with E-state index in [9.17, 15) is 14.4 Å².